The zero-order valence-corrected chi connectivity index (χ0v) is 17.4. The highest BCUT2D eigenvalue weighted by Crippen LogP contribution is 2.20. The molecule has 2 rings (SSSR count). The van der Waals surface area contributed by atoms with E-state index in [0.29, 0.717) is 0 Å². The van der Waals surface area contributed by atoms with Crippen molar-refractivity contribution in [2.45, 2.75) is 53.5 Å². The van der Waals surface area contributed by atoms with Gasteiger partial charge in [-0.2, -0.15) is 0 Å². The highest BCUT2D eigenvalue weighted by molar-refractivity contribution is 4.79. The molecule has 0 unspecified atom stereocenters. The molecule has 0 N–H and O–H groups in total. The lowest BCUT2D eigenvalue weighted by Crippen LogP contribution is -2.50. The van der Waals surface area contributed by atoms with Crippen molar-refractivity contribution < 1.29 is 0 Å². The van der Waals surface area contributed by atoms with Crippen LogP contribution in [0.2, 0.25) is 0 Å². The Morgan fingerprint density at radius 1 is 0.917 bits per heavy atom. The average Bonchev–Trinajstić information content (AvgIpc) is 2.63. The Morgan fingerprint density at radius 2 is 1.46 bits per heavy atom. The van der Waals surface area contributed by atoms with Crippen molar-refractivity contribution in [2.24, 2.45) is 5.92 Å². The summed E-state index contributed by atoms with van der Waals surface area (Å²) in [5.41, 5.74) is 0. The average molecular weight is 341 g/mol. The topological polar surface area (TPSA) is 13.0 Å². The molecule has 2 heterocycles. The first-order valence-electron chi connectivity index (χ1n) is 10.5. The fraction of sp³-hybridized carbons (Fsp3) is 1.00. The van der Waals surface area contributed by atoms with Crippen molar-refractivity contribution in [3.05, 3.63) is 0 Å². The van der Waals surface area contributed by atoms with Crippen molar-refractivity contribution in [3.63, 3.8) is 0 Å². The molecular weight excluding hydrogens is 296 g/mol. The molecule has 24 heavy (non-hydrogen) atoms. The van der Waals surface area contributed by atoms with Gasteiger partial charge in [-0.3, -0.25) is 4.90 Å². The van der Waals surface area contributed by atoms with Gasteiger partial charge in [0.25, 0.3) is 0 Å². The van der Waals surface area contributed by atoms with Crippen molar-refractivity contribution in [1.29, 1.82) is 0 Å². The predicted octanol–water partition coefficient (Wildman–Crippen LogP) is 2.70. The van der Waals surface area contributed by atoms with Crippen molar-refractivity contribution in [2.75, 3.05) is 72.5 Å². The Morgan fingerprint density at radius 3 is 1.96 bits per heavy atom. The maximum Gasteiger partial charge on any atom is 0.0110 e. The molecule has 0 spiro atoms. The fourth-order valence-corrected chi connectivity index (χ4v) is 3.68. The second kappa shape index (κ2) is 12.2. The highest BCUT2D eigenvalue weighted by atomic mass is 15.3. The van der Waals surface area contributed by atoms with E-state index in [2.05, 4.69) is 47.4 Å². The van der Waals surface area contributed by atoms with Crippen LogP contribution in [-0.4, -0.2) is 98.1 Å². The number of hydrogen-bond acceptors (Lipinski definition) is 4. The first-order valence-corrected chi connectivity index (χ1v) is 10.5. The second-order valence-corrected chi connectivity index (χ2v) is 7.61. The van der Waals surface area contributed by atoms with Crippen molar-refractivity contribution in [1.82, 2.24) is 19.6 Å². The minimum absolute atomic E-state index is 0.728. The van der Waals surface area contributed by atoms with Gasteiger partial charge in [0, 0.05) is 51.9 Å². The van der Waals surface area contributed by atoms with Gasteiger partial charge in [-0.05, 0) is 59.3 Å². The lowest BCUT2D eigenvalue weighted by atomic mass is 9.95. The third kappa shape index (κ3) is 7.81. The fourth-order valence-electron chi connectivity index (χ4n) is 3.68. The third-order valence-electron chi connectivity index (χ3n) is 5.70. The van der Waals surface area contributed by atoms with Crippen LogP contribution in [0.25, 0.3) is 0 Å². The minimum Gasteiger partial charge on any atom is -0.305 e. The van der Waals surface area contributed by atoms with E-state index in [0.717, 1.165) is 18.5 Å². The summed E-state index contributed by atoms with van der Waals surface area (Å²) in [5.74, 6) is 0.938. The Kier molecular flexibility index (Phi) is 11.2. The van der Waals surface area contributed by atoms with Gasteiger partial charge >= 0.3 is 0 Å². The summed E-state index contributed by atoms with van der Waals surface area (Å²) in [6.45, 7) is 23.6. The molecule has 4 nitrogen and oxygen atoms in total. The van der Waals surface area contributed by atoms with Crippen LogP contribution in [0.3, 0.4) is 0 Å². The largest absolute Gasteiger partial charge is 0.305 e. The van der Waals surface area contributed by atoms with E-state index in [9.17, 15) is 0 Å². The minimum atomic E-state index is 0.728. The molecule has 0 bridgehead atoms. The van der Waals surface area contributed by atoms with E-state index in [1.165, 1.54) is 71.7 Å². The molecule has 2 aliphatic heterocycles. The molecule has 0 aromatic carbocycles. The SMILES string of the molecule is CC.CCN(C)CCN1CCN(CC2CCN(C(C)C)CC2)CC1. The highest BCUT2D eigenvalue weighted by Gasteiger charge is 2.24. The summed E-state index contributed by atoms with van der Waals surface area (Å²) >= 11 is 0. The van der Waals surface area contributed by atoms with Gasteiger partial charge in [0.05, 0.1) is 0 Å². The molecule has 0 aromatic rings. The monoisotopic (exact) mass is 340 g/mol. The summed E-state index contributed by atoms with van der Waals surface area (Å²) in [4.78, 5) is 10.4. The van der Waals surface area contributed by atoms with Crippen LogP contribution in [0.5, 0.6) is 0 Å². The lowest BCUT2D eigenvalue weighted by Gasteiger charge is -2.40. The summed E-state index contributed by atoms with van der Waals surface area (Å²) in [7, 11) is 2.22. The molecule has 144 valence electrons. The molecule has 0 aliphatic carbocycles. The summed E-state index contributed by atoms with van der Waals surface area (Å²) in [5, 5.41) is 0. The molecule has 0 amide bonds. The van der Waals surface area contributed by atoms with E-state index >= 15 is 0 Å². The number of likely N-dealkylation sites (N-methyl/N-ethyl adjacent to an activating group) is 1. The van der Waals surface area contributed by atoms with Crippen LogP contribution in [0.4, 0.5) is 0 Å². The molecule has 0 radical (unpaired) electrons. The number of nitrogens with zero attached hydrogens (tertiary/aromatic N) is 4. The summed E-state index contributed by atoms with van der Waals surface area (Å²) < 4.78 is 0. The van der Waals surface area contributed by atoms with E-state index in [-0.39, 0.29) is 0 Å². The predicted molar refractivity (Wildman–Crippen MR) is 107 cm³/mol. The Balaban J connectivity index is 0.00000139. The van der Waals surface area contributed by atoms with Gasteiger partial charge in [-0.15, -0.1) is 0 Å². The molecule has 0 aromatic heterocycles. The first kappa shape index (κ1) is 21.9. The summed E-state index contributed by atoms with van der Waals surface area (Å²) in [6.07, 6.45) is 2.80. The molecule has 0 saturated carbocycles. The zero-order valence-electron chi connectivity index (χ0n) is 17.4. The number of likely N-dealkylation sites (tertiary alicyclic amines) is 1. The van der Waals surface area contributed by atoms with Crippen molar-refractivity contribution >= 4 is 0 Å². The normalized spacial score (nSPS) is 22.0. The van der Waals surface area contributed by atoms with Crippen LogP contribution in [0, 0.1) is 5.92 Å². The Labute approximate surface area is 152 Å². The van der Waals surface area contributed by atoms with Crippen molar-refractivity contribution in [3.8, 4) is 0 Å². The molecule has 2 saturated heterocycles. The number of piperazine rings is 1. The van der Waals surface area contributed by atoms with Crippen LogP contribution in [0.1, 0.15) is 47.5 Å². The molecular formula is C20H44N4. The van der Waals surface area contributed by atoms with E-state index < -0.39 is 0 Å². The maximum absolute atomic E-state index is 2.72. The zero-order chi connectivity index (χ0) is 17.9. The Hall–Kier alpha value is -0.160. The molecule has 2 fully saturated rings. The number of piperidine rings is 1. The van der Waals surface area contributed by atoms with Gasteiger partial charge < -0.3 is 14.7 Å². The number of rotatable bonds is 7. The van der Waals surface area contributed by atoms with Crippen LogP contribution >= 0.6 is 0 Å². The van der Waals surface area contributed by atoms with Crippen LogP contribution in [0.15, 0.2) is 0 Å². The van der Waals surface area contributed by atoms with Gasteiger partial charge in [0.2, 0.25) is 0 Å². The summed E-state index contributed by atoms with van der Waals surface area (Å²) in [6, 6.07) is 0.728. The van der Waals surface area contributed by atoms with Gasteiger partial charge in [-0.25, -0.2) is 0 Å². The molecule has 4 heteroatoms. The molecule has 2 aliphatic rings. The van der Waals surface area contributed by atoms with E-state index in [1.807, 2.05) is 13.8 Å². The van der Waals surface area contributed by atoms with Gasteiger partial charge in [0.1, 0.15) is 0 Å². The Bertz CT molecular complexity index is 292. The standard InChI is InChI=1S/C18H38N4.C2H6/c1-5-19(4)10-11-20-12-14-21(15-13-20)16-18-6-8-22(9-7-18)17(2)3;1-2/h17-18H,5-16H2,1-4H3;1-2H3. The van der Waals surface area contributed by atoms with E-state index in [4.69, 9.17) is 0 Å². The first-order chi connectivity index (χ1) is 11.6. The van der Waals surface area contributed by atoms with Crippen LogP contribution < -0.4 is 0 Å². The third-order valence-corrected chi connectivity index (χ3v) is 5.70. The smallest absolute Gasteiger partial charge is 0.0110 e. The van der Waals surface area contributed by atoms with E-state index in [1.54, 1.807) is 0 Å². The van der Waals surface area contributed by atoms with Crippen LogP contribution in [-0.2, 0) is 0 Å². The maximum atomic E-state index is 2.72. The van der Waals surface area contributed by atoms with Gasteiger partial charge in [0.15, 0.2) is 0 Å². The molecule has 0 atom stereocenters. The quantitative estimate of drug-likeness (QED) is 0.706. The second-order valence-electron chi connectivity index (χ2n) is 7.61. The lowest BCUT2D eigenvalue weighted by molar-refractivity contribution is 0.0842. The van der Waals surface area contributed by atoms with Gasteiger partial charge in [-0.1, -0.05) is 20.8 Å². The number of hydrogen-bond donors (Lipinski definition) is 0.